The molecule has 148 valence electrons. The number of fused-ring (bicyclic) bond motifs is 2. The zero-order valence-electron chi connectivity index (χ0n) is 16.7. The van der Waals surface area contributed by atoms with Gasteiger partial charge < -0.3 is 23.8 Å². The first-order valence-corrected chi connectivity index (χ1v) is 9.46. The molecule has 0 aromatic heterocycles. The number of hydrogen-bond acceptors (Lipinski definition) is 5. The van der Waals surface area contributed by atoms with Crippen LogP contribution in [0.15, 0.2) is 24.3 Å². The minimum absolute atomic E-state index is 0.0480. The predicted molar refractivity (Wildman–Crippen MR) is 104 cm³/mol. The number of quaternary nitrogens is 1. The van der Waals surface area contributed by atoms with E-state index in [9.17, 15) is 9.90 Å². The number of carbonyl (C=O) groups is 1. The Morgan fingerprint density at radius 3 is 2.79 bits per heavy atom. The summed E-state index contributed by atoms with van der Waals surface area (Å²) in [5.41, 5.74) is 3.50. The SMILES string of the molecule is COc1c2c(cc3c1C(CC(=O)c1ccc(O)c(C)c1)[N+](C)(C)CC3)OCO2. The van der Waals surface area contributed by atoms with Crippen LogP contribution in [0.4, 0.5) is 0 Å². The van der Waals surface area contributed by atoms with Gasteiger partial charge in [-0.05, 0) is 42.3 Å². The molecule has 2 aromatic carbocycles. The average Bonchev–Trinajstić information content (AvgIpc) is 3.12. The lowest BCUT2D eigenvalue weighted by atomic mass is 9.85. The number of methoxy groups -OCH3 is 1. The summed E-state index contributed by atoms with van der Waals surface area (Å²) in [6.07, 6.45) is 1.23. The Morgan fingerprint density at radius 2 is 2.07 bits per heavy atom. The second-order valence-corrected chi connectivity index (χ2v) is 8.11. The summed E-state index contributed by atoms with van der Waals surface area (Å²) in [5, 5.41) is 9.76. The van der Waals surface area contributed by atoms with Crippen molar-refractivity contribution in [2.75, 3.05) is 34.5 Å². The van der Waals surface area contributed by atoms with Gasteiger partial charge in [0.05, 0.1) is 39.7 Å². The van der Waals surface area contributed by atoms with E-state index in [-0.39, 0.29) is 24.4 Å². The van der Waals surface area contributed by atoms with E-state index in [0.29, 0.717) is 39.3 Å². The number of ether oxygens (including phenoxy) is 3. The highest BCUT2D eigenvalue weighted by Gasteiger charge is 2.42. The van der Waals surface area contributed by atoms with Gasteiger partial charge in [-0.2, -0.15) is 0 Å². The van der Waals surface area contributed by atoms with Crippen LogP contribution in [0.5, 0.6) is 23.0 Å². The first-order chi connectivity index (χ1) is 13.3. The Labute approximate surface area is 164 Å². The normalized spacial score (nSPS) is 19.2. The molecule has 1 atom stereocenters. The summed E-state index contributed by atoms with van der Waals surface area (Å²) in [6.45, 7) is 2.90. The lowest BCUT2D eigenvalue weighted by Crippen LogP contribution is -2.48. The van der Waals surface area contributed by atoms with Crippen LogP contribution < -0.4 is 14.2 Å². The summed E-state index contributed by atoms with van der Waals surface area (Å²) in [7, 11) is 5.92. The molecule has 0 radical (unpaired) electrons. The van der Waals surface area contributed by atoms with Crippen LogP contribution in [-0.4, -0.2) is 49.9 Å². The van der Waals surface area contributed by atoms with Gasteiger partial charge in [0.1, 0.15) is 11.8 Å². The topological polar surface area (TPSA) is 65.0 Å². The Balaban J connectivity index is 1.76. The van der Waals surface area contributed by atoms with E-state index >= 15 is 0 Å². The van der Waals surface area contributed by atoms with Crippen molar-refractivity contribution < 1.29 is 28.6 Å². The van der Waals surface area contributed by atoms with Crippen LogP contribution in [0.2, 0.25) is 0 Å². The molecule has 6 nitrogen and oxygen atoms in total. The summed E-state index contributed by atoms with van der Waals surface area (Å²) < 4.78 is 17.7. The minimum Gasteiger partial charge on any atom is -0.508 e. The van der Waals surface area contributed by atoms with Gasteiger partial charge in [0.2, 0.25) is 12.5 Å². The number of benzene rings is 2. The van der Waals surface area contributed by atoms with Gasteiger partial charge in [0.15, 0.2) is 17.3 Å². The molecule has 2 aliphatic rings. The third-order valence-electron chi connectivity index (χ3n) is 5.98. The standard InChI is InChI=1S/C22H25NO5/c1-13-9-14(5-6-17(13)24)18(25)11-16-20-15(7-8-23(16,2)3)10-19-21(22(20)26-4)28-12-27-19/h5-6,9-10,16H,7-8,11-12H2,1-4H3/p+1. The molecule has 28 heavy (non-hydrogen) atoms. The van der Waals surface area contributed by atoms with E-state index in [1.54, 1.807) is 32.2 Å². The minimum atomic E-state index is -0.0604. The Morgan fingerprint density at radius 1 is 1.29 bits per heavy atom. The van der Waals surface area contributed by atoms with Crippen LogP contribution in [0.25, 0.3) is 0 Å². The first kappa shape index (κ1) is 18.6. The number of nitrogens with zero attached hydrogens (tertiary/aromatic N) is 1. The molecule has 1 unspecified atom stereocenters. The van der Waals surface area contributed by atoms with Gasteiger partial charge in [0.25, 0.3) is 0 Å². The maximum Gasteiger partial charge on any atom is 0.231 e. The zero-order valence-corrected chi connectivity index (χ0v) is 16.7. The molecule has 0 amide bonds. The fourth-order valence-electron chi connectivity index (χ4n) is 4.24. The zero-order chi connectivity index (χ0) is 20.1. The molecule has 2 aliphatic heterocycles. The highest BCUT2D eigenvalue weighted by atomic mass is 16.7. The molecule has 0 fully saturated rings. The number of Topliss-reactive ketones (excluding diaryl/α,β-unsaturated/α-hetero) is 1. The quantitative estimate of drug-likeness (QED) is 0.647. The highest BCUT2D eigenvalue weighted by molar-refractivity contribution is 5.97. The lowest BCUT2D eigenvalue weighted by molar-refractivity contribution is -0.922. The van der Waals surface area contributed by atoms with E-state index in [2.05, 4.69) is 14.1 Å². The highest BCUT2D eigenvalue weighted by Crippen LogP contribution is 2.51. The molecule has 0 spiro atoms. The van der Waals surface area contributed by atoms with Crippen LogP contribution in [0, 0.1) is 6.92 Å². The second-order valence-electron chi connectivity index (χ2n) is 8.11. The van der Waals surface area contributed by atoms with Crippen LogP contribution in [-0.2, 0) is 6.42 Å². The van der Waals surface area contributed by atoms with Crippen molar-refractivity contribution in [2.24, 2.45) is 0 Å². The van der Waals surface area contributed by atoms with E-state index in [1.165, 1.54) is 0 Å². The van der Waals surface area contributed by atoms with Crippen molar-refractivity contribution in [3.8, 4) is 23.0 Å². The van der Waals surface area contributed by atoms with Crippen molar-refractivity contribution in [3.63, 3.8) is 0 Å². The van der Waals surface area contributed by atoms with Gasteiger partial charge in [-0.3, -0.25) is 4.79 Å². The molecular formula is C22H26NO5+. The number of aryl methyl sites for hydroxylation is 1. The van der Waals surface area contributed by atoms with Gasteiger partial charge in [-0.25, -0.2) is 0 Å². The van der Waals surface area contributed by atoms with Gasteiger partial charge >= 0.3 is 0 Å². The number of rotatable bonds is 4. The molecule has 0 saturated heterocycles. The third-order valence-corrected chi connectivity index (χ3v) is 5.98. The smallest absolute Gasteiger partial charge is 0.231 e. The van der Waals surface area contributed by atoms with Crippen molar-refractivity contribution in [1.29, 1.82) is 0 Å². The molecule has 1 N–H and O–H groups in total. The number of ketones is 1. The molecule has 0 bridgehead atoms. The number of aromatic hydroxyl groups is 1. The number of phenolic OH excluding ortho intramolecular Hbond substituents is 1. The number of likely N-dealkylation sites (N-methyl/N-ethyl adjacent to an activating group) is 1. The summed E-state index contributed by atoms with van der Waals surface area (Å²) in [5.74, 6) is 2.26. The summed E-state index contributed by atoms with van der Waals surface area (Å²) in [4.78, 5) is 13.1. The maximum absolute atomic E-state index is 13.1. The van der Waals surface area contributed by atoms with Gasteiger partial charge in [-0.15, -0.1) is 0 Å². The average molecular weight is 384 g/mol. The number of carbonyl (C=O) groups excluding carboxylic acids is 1. The van der Waals surface area contributed by atoms with Gasteiger partial charge in [0, 0.05) is 12.0 Å². The maximum atomic E-state index is 13.1. The Kier molecular flexibility index (Phi) is 4.46. The van der Waals surface area contributed by atoms with E-state index < -0.39 is 0 Å². The molecule has 0 saturated carbocycles. The predicted octanol–water partition coefficient (Wildman–Crippen LogP) is 3.38. The molecule has 2 aromatic rings. The molecule has 0 aliphatic carbocycles. The van der Waals surface area contributed by atoms with Crippen LogP contribution in [0.3, 0.4) is 0 Å². The van der Waals surface area contributed by atoms with E-state index in [0.717, 1.165) is 24.1 Å². The molecular weight excluding hydrogens is 358 g/mol. The largest absolute Gasteiger partial charge is 0.508 e. The monoisotopic (exact) mass is 384 g/mol. The van der Waals surface area contributed by atoms with E-state index in [4.69, 9.17) is 14.2 Å². The molecule has 6 heteroatoms. The second kappa shape index (κ2) is 6.71. The van der Waals surface area contributed by atoms with Crippen LogP contribution in [0.1, 0.15) is 39.5 Å². The van der Waals surface area contributed by atoms with Crippen molar-refractivity contribution in [3.05, 3.63) is 46.5 Å². The number of hydrogen-bond donors (Lipinski definition) is 1. The summed E-state index contributed by atoms with van der Waals surface area (Å²) in [6, 6.07) is 6.98. The van der Waals surface area contributed by atoms with Gasteiger partial charge in [-0.1, -0.05) is 0 Å². The Hall–Kier alpha value is -2.73. The lowest BCUT2D eigenvalue weighted by Gasteiger charge is -2.43. The first-order valence-electron chi connectivity index (χ1n) is 9.46. The summed E-state index contributed by atoms with van der Waals surface area (Å²) >= 11 is 0. The van der Waals surface area contributed by atoms with Crippen molar-refractivity contribution >= 4 is 5.78 Å². The fourth-order valence-corrected chi connectivity index (χ4v) is 4.24. The van der Waals surface area contributed by atoms with Crippen LogP contribution >= 0.6 is 0 Å². The number of phenols is 1. The Bertz CT molecular complexity index is 950. The molecule has 2 heterocycles. The van der Waals surface area contributed by atoms with Crippen molar-refractivity contribution in [1.82, 2.24) is 0 Å². The van der Waals surface area contributed by atoms with Crippen molar-refractivity contribution in [2.45, 2.75) is 25.8 Å². The fraction of sp³-hybridized carbons (Fsp3) is 0.409. The van der Waals surface area contributed by atoms with E-state index in [1.807, 2.05) is 6.07 Å². The third kappa shape index (κ3) is 2.98. The molecule has 4 rings (SSSR count).